The average Bonchev–Trinajstić information content (AvgIpc) is 3.00. The minimum absolute atomic E-state index is 0.180. The largest absolute Gasteiger partial charge is 0.321 e. The standard InChI is InChI=1S/C14H13N3OS/c1-2-10-3-5-11(6-4-10)15-13(18)12-9-17-7-8-19-14(17)16-12/h3-9H,2H2,1H3,(H,15,18). The highest BCUT2D eigenvalue weighted by Gasteiger charge is 2.11. The van der Waals surface area contributed by atoms with Crippen LogP contribution in [0.3, 0.4) is 0 Å². The monoisotopic (exact) mass is 271 g/mol. The molecule has 4 nitrogen and oxygen atoms in total. The van der Waals surface area contributed by atoms with Gasteiger partial charge >= 0.3 is 0 Å². The molecule has 0 spiro atoms. The molecule has 96 valence electrons. The lowest BCUT2D eigenvalue weighted by Crippen LogP contribution is -2.12. The number of hydrogen-bond donors (Lipinski definition) is 1. The van der Waals surface area contributed by atoms with E-state index in [-0.39, 0.29) is 5.91 Å². The van der Waals surface area contributed by atoms with Gasteiger partial charge in [0.1, 0.15) is 5.69 Å². The van der Waals surface area contributed by atoms with Crippen molar-refractivity contribution in [3.05, 3.63) is 53.3 Å². The van der Waals surface area contributed by atoms with Crippen LogP contribution in [-0.2, 0) is 6.42 Å². The van der Waals surface area contributed by atoms with Gasteiger partial charge < -0.3 is 5.32 Å². The Balaban J connectivity index is 1.78. The Morgan fingerprint density at radius 2 is 2.16 bits per heavy atom. The molecule has 0 fully saturated rings. The van der Waals surface area contributed by atoms with Gasteiger partial charge in [-0.25, -0.2) is 4.98 Å². The SMILES string of the molecule is CCc1ccc(NC(=O)c2cn3ccsc3n2)cc1. The summed E-state index contributed by atoms with van der Waals surface area (Å²) >= 11 is 1.51. The van der Waals surface area contributed by atoms with Crippen LogP contribution in [0.2, 0.25) is 0 Å². The molecule has 1 N–H and O–H groups in total. The van der Waals surface area contributed by atoms with Crippen molar-refractivity contribution in [3.8, 4) is 0 Å². The number of carbonyl (C=O) groups excluding carboxylic acids is 1. The van der Waals surface area contributed by atoms with Gasteiger partial charge in [0, 0.05) is 23.5 Å². The fraction of sp³-hybridized carbons (Fsp3) is 0.143. The van der Waals surface area contributed by atoms with Crippen molar-refractivity contribution in [2.75, 3.05) is 5.32 Å². The molecule has 3 rings (SSSR count). The Kier molecular flexibility index (Phi) is 3.05. The fourth-order valence-corrected chi connectivity index (χ4v) is 2.56. The number of aryl methyl sites for hydroxylation is 1. The van der Waals surface area contributed by atoms with E-state index in [1.54, 1.807) is 6.20 Å². The molecule has 3 aromatic rings. The first-order valence-corrected chi connectivity index (χ1v) is 6.96. The second-order valence-corrected chi connectivity index (χ2v) is 5.10. The van der Waals surface area contributed by atoms with Gasteiger partial charge in [0.05, 0.1) is 0 Å². The van der Waals surface area contributed by atoms with E-state index in [1.165, 1.54) is 16.9 Å². The Labute approximate surface area is 114 Å². The fourth-order valence-electron chi connectivity index (χ4n) is 1.86. The van der Waals surface area contributed by atoms with E-state index in [0.29, 0.717) is 5.69 Å². The van der Waals surface area contributed by atoms with Crippen LogP contribution in [-0.4, -0.2) is 15.3 Å². The van der Waals surface area contributed by atoms with Gasteiger partial charge in [-0.15, -0.1) is 11.3 Å². The zero-order valence-electron chi connectivity index (χ0n) is 10.5. The van der Waals surface area contributed by atoms with Crippen molar-refractivity contribution >= 4 is 27.9 Å². The van der Waals surface area contributed by atoms with Crippen LogP contribution in [0.4, 0.5) is 5.69 Å². The Bertz CT molecular complexity index is 683. The summed E-state index contributed by atoms with van der Waals surface area (Å²) in [5, 5.41) is 4.79. The summed E-state index contributed by atoms with van der Waals surface area (Å²) in [6.07, 6.45) is 4.62. The number of hydrogen-bond acceptors (Lipinski definition) is 3. The van der Waals surface area contributed by atoms with Crippen LogP contribution in [0.1, 0.15) is 23.0 Å². The third kappa shape index (κ3) is 2.37. The molecular formula is C14H13N3OS. The molecule has 0 aliphatic heterocycles. The predicted molar refractivity (Wildman–Crippen MR) is 76.8 cm³/mol. The van der Waals surface area contributed by atoms with Gasteiger partial charge in [0.2, 0.25) is 0 Å². The maximum absolute atomic E-state index is 12.1. The maximum atomic E-state index is 12.1. The van der Waals surface area contributed by atoms with Crippen LogP contribution < -0.4 is 5.32 Å². The first-order valence-electron chi connectivity index (χ1n) is 6.09. The number of thiazole rings is 1. The lowest BCUT2D eigenvalue weighted by Gasteiger charge is -2.03. The van der Waals surface area contributed by atoms with Gasteiger partial charge in [-0.1, -0.05) is 19.1 Å². The lowest BCUT2D eigenvalue weighted by molar-refractivity contribution is 0.102. The summed E-state index contributed by atoms with van der Waals surface area (Å²) < 4.78 is 1.85. The lowest BCUT2D eigenvalue weighted by atomic mass is 10.1. The van der Waals surface area contributed by atoms with Gasteiger partial charge in [-0.2, -0.15) is 0 Å². The molecular weight excluding hydrogens is 258 g/mol. The predicted octanol–water partition coefficient (Wildman–Crippen LogP) is 3.21. The molecule has 2 aromatic heterocycles. The number of aromatic nitrogens is 2. The van der Waals surface area contributed by atoms with Crippen LogP contribution >= 0.6 is 11.3 Å². The van der Waals surface area contributed by atoms with E-state index >= 15 is 0 Å². The molecule has 1 amide bonds. The van der Waals surface area contributed by atoms with Gasteiger partial charge in [-0.05, 0) is 24.1 Å². The smallest absolute Gasteiger partial charge is 0.275 e. The van der Waals surface area contributed by atoms with E-state index < -0.39 is 0 Å². The first kappa shape index (κ1) is 11.9. The third-order valence-corrected chi connectivity index (χ3v) is 3.72. The van der Waals surface area contributed by atoms with E-state index in [2.05, 4.69) is 17.2 Å². The Morgan fingerprint density at radius 3 is 2.84 bits per heavy atom. The number of benzene rings is 1. The summed E-state index contributed by atoms with van der Waals surface area (Å²) in [4.78, 5) is 17.2. The summed E-state index contributed by atoms with van der Waals surface area (Å²) in [6.45, 7) is 2.10. The summed E-state index contributed by atoms with van der Waals surface area (Å²) in [6, 6.07) is 7.85. The quantitative estimate of drug-likeness (QED) is 0.795. The van der Waals surface area contributed by atoms with E-state index in [4.69, 9.17) is 0 Å². The van der Waals surface area contributed by atoms with Crippen LogP contribution in [0.25, 0.3) is 4.96 Å². The minimum atomic E-state index is -0.180. The number of amides is 1. The number of imidazole rings is 1. The second-order valence-electron chi connectivity index (χ2n) is 4.22. The van der Waals surface area contributed by atoms with E-state index in [1.807, 2.05) is 40.2 Å². The molecule has 2 heterocycles. The molecule has 19 heavy (non-hydrogen) atoms. The van der Waals surface area contributed by atoms with Crippen LogP contribution in [0.5, 0.6) is 0 Å². The molecule has 0 unspecified atom stereocenters. The molecule has 0 saturated heterocycles. The number of nitrogens with zero attached hydrogens (tertiary/aromatic N) is 2. The second kappa shape index (κ2) is 4.85. The Morgan fingerprint density at radius 1 is 1.37 bits per heavy atom. The highest BCUT2D eigenvalue weighted by atomic mass is 32.1. The maximum Gasteiger partial charge on any atom is 0.275 e. The number of fused-ring (bicyclic) bond motifs is 1. The molecule has 0 bridgehead atoms. The van der Waals surface area contributed by atoms with E-state index in [9.17, 15) is 4.79 Å². The first-order chi connectivity index (χ1) is 9.26. The molecule has 0 aliphatic rings. The summed E-state index contributed by atoms with van der Waals surface area (Å²) in [5.74, 6) is -0.180. The highest BCUT2D eigenvalue weighted by Crippen LogP contribution is 2.14. The van der Waals surface area contributed by atoms with Gasteiger partial charge in [0.15, 0.2) is 4.96 Å². The topological polar surface area (TPSA) is 46.4 Å². The van der Waals surface area contributed by atoms with Crippen molar-refractivity contribution in [3.63, 3.8) is 0 Å². The van der Waals surface area contributed by atoms with Crippen molar-refractivity contribution in [2.24, 2.45) is 0 Å². The van der Waals surface area contributed by atoms with Crippen LogP contribution in [0, 0.1) is 0 Å². The normalized spacial score (nSPS) is 10.8. The number of nitrogens with one attached hydrogen (secondary N) is 1. The zero-order chi connectivity index (χ0) is 13.2. The van der Waals surface area contributed by atoms with Crippen molar-refractivity contribution in [1.29, 1.82) is 0 Å². The van der Waals surface area contributed by atoms with Gasteiger partial charge in [0.25, 0.3) is 5.91 Å². The molecule has 0 aliphatic carbocycles. The van der Waals surface area contributed by atoms with Crippen molar-refractivity contribution in [1.82, 2.24) is 9.38 Å². The number of anilines is 1. The zero-order valence-corrected chi connectivity index (χ0v) is 11.3. The molecule has 0 atom stereocenters. The highest BCUT2D eigenvalue weighted by molar-refractivity contribution is 7.15. The molecule has 0 saturated carbocycles. The summed E-state index contributed by atoms with van der Waals surface area (Å²) in [5.41, 5.74) is 2.48. The van der Waals surface area contributed by atoms with Gasteiger partial charge in [-0.3, -0.25) is 9.20 Å². The minimum Gasteiger partial charge on any atom is -0.321 e. The van der Waals surface area contributed by atoms with Crippen LogP contribution in [0.15, 0.2) is 42.0 Å². The average molecular weight is 271 g/mol. The Hall–Kier alpha value is -2.14. The molecule has 5 heteroatoms. The van der Waals surface area contributed by atoms with Crippen molar-refractivity contribution < 1.29 is 4.79 Å². The molecule has 1 aromatic carbocycles. The summed E-state index contributed by atoms with van der Waals surface area (Å²) in [7, 11) is 0. The van der Waals surface area contributed by atoms with E-state index in [0.717, 1.165) is 17.1 Å². The third-order valence-electron chi connectivity index (χ3n) is 2.95. The number of carbonyl (C=O) groups is 1. The van der Waals surface area contributed by atoms with Crippen molar-refractivity contribution in [2.45, 2.75) is 13.3 Å². The number of rotatable bonds is 3. The molecule has 0 radical (unpaired) electrons.